The largest absolute Gasteiger partial charge is 0.481 e. The van der Waals surface area contributed by atoms with Gasteiger partial charge in [0.05, 0.1) is 5.69 Å². The van der Waals surface area contributed by atoms with Crippen molar-refractivity contribution in [3.05, 3.63) is 23.8 Å². The van der Waals surface area contributed by atoms with Gasteiger partial charge < -0.3 is 10.1 Å². The molecule has 2 rings (SSSR count). The summed E-state index contributed by atoms with van der Waals surface area (Å²) >= 11 is 0. The Hall–Kier alpha value is -1.65. The lowest BCUT2D eigenvalue weighted by molar-refractivity contribution is -0.118. The summed E-state index contributed by atoms with van der Waals surface area (Å²) in [5.41, 5.74) is 0.162. The fraction of sp³-hybridized carbons (Fsp3) is 0.125. The maximum absolute atomic E-state index is 12.7. The van der Waals surface area contributed by atoms with Crippen LogP contribution in [0, 0.1) is 11.6 Å². The number of fused-ring (bicyclic) bond motifs is 1. The zero-order chi connectivity index (χ0) is 9.42. The van der Waals surface area contributed by atoms with Crippen molar-refractivity contribution >= 4 is 11.6 Å². The summed E-state index contributed by atoms with van der Waals surface area (Å²) in [4.78, 5) is 10.8. The van der Waals surface area contributed by atoms with Crippen LogP contribution in [0.5, 0.6) is 5.75 Å². The van der Waals surface area contributed by atoms with Gasteiger partial charge in [0.2, 0.25) is 0 Å². The molecular formula is C8H5F2NO2. The average Bonchev–Trinajstić information content (AvgIpc) is 2.08. The molecule has 0 aromatic heterocycles. The molecule has 0 atom stereocenters. The minimum Gasteiger partial charge on any atom is -0.481 e. The molecule has 68 valence electrons. The number of anilines is 1. The number of ether oxygens (including phenoxy) is 1. The summed E-state index contributed by atoms with van der Waals surface area (Å²) < 4.78 is 30.1. The van der Waals surface area contributed by atoms with Crippen molar-refractivity contribution in [2.45, 2.75) is 0 Å². The Bertz CT molecular complexity index is 379. The number of carbonyl (C=O) groups is 1. The van der Waals surface area contributed by atoms with E-state index >= 15 is 0 Å². The molecule has 0 aliphatic carbocycles. The molecule has 1 heterocycles. The van der Waals surface area contributed by atoms with E-state index in [-0.39, 0.29) is 24.0 Å². The molecular weight excluding hydrogens is 180 g/mol. The molecule has 0 bridgehead atoms. The van der Waals surface area contributed by atoms with E-state index < -0.39 is 11.6 Å². The van der Waals surface area contributed by atoms with Crippen LogP contribution in [-0.4, -0.2) is 12.5 Å². The van der Waals surface area contributed by atoms with E-state index in [0.29, 0.717) is 0 Å². The van der Waals surface area contributed by atoms with Gasteiger partial charge in [0.15, 0.2) is 18.2 Å². The summed E-state index contributed by atoms with van der Waals surface area (Å²) in [6.45, 7) is -0.169. The number of nitrogens with one attached hydrogen (secondary N) is 1. The van der Waals surface area contributed by atoms with Gasteiger partial charge in [0, 0.05) is 12.1 Å². The maximum Gasteiger partial charge on any atom is 0.262 e. The summed E-state index contributed by atoms with van der Waals surface area (Å²) in [5, 5.41) is 2.36. The number of hydrogen-bond donors (Lipinski definition) is 1. The van der Waals surface area contributed by atoms with Crippen molar-refractivity contribution in [1.82, 2.24) is 0 Å². The topological polar surface area (TPSA) is 38.3 Å². The first-order valence-corrected chi connectivity index (χ1v) is 3.58. The van der Waals surface area contributed by atoms with Crippen LogP contribution in [0.1, 0.15) is 0 Å². The molecule has 0 spiro atoms. The highest BCUT2D eigenvalue weighted by molar-refractivity contribution is 5.95. The summed E-state index contributed by atoms with van der Waals surface area (Å²) in [6, 6.07) is 1.80. The standard InChI is InChI=1S/C8H5F2NO2/c9-4-1-6-7(2-5(4)10)13-3-8(12)11-6/h1-2H,3H2,(H,11,12). The van der Waals surface area contributed by atoms with Crippen molar-refractivity contribution in [1.29, 1.82) is 0 Å². The highest BCUT2D eigenvalue weighted by atomic mass is 19.2. The van der Waals surface area contributed by atoms with E-state index in [1.165, 1.54) is 0 Å². The summed E-state index contributed by atoms with van der Waals surface area (Å²) in [6.07, 6.45) is 0. The van der Waals surface area contributed by atoms with E-state index in [1.54, 1.807) is 0 Å². The van der Waals surface area contributed by atoms with Gasteiger partial charge in [-0.1, -0.05) is 0 Å². The van der Waals surface area contributed by atoms with E-state index in [1.807, 2.05) is 0 Å². The van der Waals surface area contributed by atoms with Gasteiger partial charge >= 0.3 is 0 Å². The van der Waals surface area contributed by atoms with Crippen LogP contribution in [0.3, 0.4) is 0 Å². The molecule has 1 N–H and O–H groups in total. The Morgan fingerprint density at radius 3 is 2.77 bits per heavy atom. The quantitative estimate of drug-likeness (QED) is 0.661. The molecule has 3 nitrogen and oxygen atoms in total. The molecule has 1 amide bonds. The maximum atomic E-state index is 12.7. The van der Waals surface area contributed by atoms with E-state index in [0.717, 1.165) is 12.1 Å². The zero-order valence-electron chi connectivity index (χ0n) is 6.43. The number of carbonyl (C=O) groups excluding carboxylic acids is 1. The first-order chi connectivity index (χ1) is 6.16. The predicted octanol–water partition coefficient (Wildman–Crippen LogP) is 1.30. The van der Waals surface area contributed by atoms with E-state index in [2.05, 4.69) is 5.32 Å². The van der Waals surface area contributed by atoms with Gasteiger partial charge in [-0.25, -0.2) is 8.78 Å². The van der Waals surface area contributed by atoms with Gasteiger partial charge in [-0.05, 0) is 0 Å². The monoisotopic (exact) mass is 185 g/mol. The molecule has 0 saturated carbocycles. The Kier molecular flexibility index (Phi) is 1.65. The van der Waals surface area contributed by atoms with Crippen LogP contribution in [0.25, 0.3) is 0 Å². The summed E-state index contributed by atoms with van der Waals surface area (Å²) in [7, 11) is 0. The van der Waals surface area contributed by atoms with Gasteiger partial charge in [0.1, 0.15) is 5.75 Å². The van der Waals surface area contributed by atoms with Crippen LogP contribution in [-0.2, 0) is 4.79 Å². The van der Waals surface area contributed by atoms with E-state index in [9.17, 15) is 13.6 Å². The Labute approximate surface area is 72.3 Å². The third-order valence-corrected chi connectivity index (χ3v) is 1.66. The van der Waals surface area contributed by atoms with Crippen LogP contribution in [0.15, 0.2) is 12.1 Å². The minimum absolute atomic E-state index is 0.151. The first kappa shape index (κ1) is 7.97. The number of rotatable bonds is 0. The molecule has 0 saturated heterocycles. The van der Waals surface area contributed by atoms with Gasteiger partial charge in [-0.3, -0.25) is 4.79 Å². The van der Waals surface area contributed by atoms with Crippen molar-refractivity contribution in [2.75, 3.05) is 11.9 Å². The lowest BCUT2D eigenvalue weighted by atomic mass is 10.2. The van der Waals surface area contributed by atoms with Crippen LogP contribution >= 0.6 is 0 Å². The van der Waals surface area contributed by atoms with Crippen molar-refractivity contribution in [2.24, 2.45) is 0 Å². The molecule has 5 heteroatoms. The SMILES string of the molecule is O=C1COc2cc(F)c(F)cc2N1. The zero-order valence-corrected chi connectivity index (χ0v) is 6.43. The fourth-order valence-corrected chi connectivity index (χ4v) is 1.08. The molecule has 0 fully saturated rings. The normalized spacial score (nSPS) is 14.5. The molecule has 1 aromatic carbocycles. The highest BCUT2D eigenvalue weighted by Crippen LogP contribution is 2.29. The minimum atomic E-state index is -1.01. The predicted molar refractivity (Wildman–Crippen MR) is 40.5 cm³/mol. The lowest BCUT2D eigenvalue weighted by Gasteiger charge is -2.17. The van der Waals surface area contributed by atoms with E-state index in [4.69, 9.17) is 4.74 Å². The van der Waals surface area contributed by atoms with Crippen LogP contribution < -0.4 is 10.1 Å². The third-order valence-electron chi connectivity index (χ3n) is 1.66. The third kappa shape index (κ3) is 1.32. The second-order valence-electron chi connectivity index (χ2n) is 2.60. The molecule has 0 unspecified atom stereocenters. The molecule has 1 aliphatic heterocycles. The summed E-state index contributed by atoms with van der Waals surface area (Å²) in [5.74, 6) is -2.23. The molecule has 13 heavy (non-hydrogen) atoms. The fourth-order valence-electron chi connectivity index (χ4n) is 1.08. The van der Waals surface area contributed by atoms with Gasteiger partial charge in [0.25, 0.3) is 5.91 Å². The van der Waals surface area contributed by atoms with Crippen LogP contribution in [0.2, 0.25) is 0 Å². The lowest BCUT2D eigenvalue weighted by Crippen LogP contribution is -2.25. The van der Waals surface area contributed by atoms with Crippen molar-refractivity contribution in [3.63, 3.8) is 0 Å². The first-order valence-electron chi connectivity index (χ1n) is 3.58. The number of benzene rings is 1. The second kappa shape index (κ2) is 2.69. The van der Waals surface area contributed by atoms with Crippen molar-refractivity contribution < 1.29 is 18.3 Å². The highest BCUT2D eigenvalue weighted by Gasteiger charge is 2.18. The van der Waals surface area contributed by atoms with Crippen molar-refractivity contribution in [3.8, 4) is 5.75 Å². The smallest absolute Gasteiger partial charge is 0.262 e. The average molecular weight is 185 g/mol. The Morgan fingerprint density at radius 1 is 1.31 bits per heavy atom. The Morgan fingerprint density at radius 2 is 2.00 bits per heavy atom. The molecule has 1 aliphatic rings. The molecule has 0 radical (unpaired) electrons. The number of hydrogen-bond acceptors (Lipinski definition) is 2. The van der Waals surface area contributed by atoms with Gasteiger partial charge in [-0.2, -0.15) is 0 Å². The Balaban J connectivity index is 2.49. The number of halogens is 2. The van der Waals surface area contributed by atoms with Crippen LogP contribution in [0.4, 0.5) is 14.5 Å². The number of amides is 1. The molecule has 1 aromatic rings. The second-order valence-corrected chi connectivity index (χ2v) is 2.60. The van der Waals surface area contributed by atoms with Gasteiger partial charge in [-0.15, -0.1) is 0 Å².